The van der Waals surface area contributed by atoms with E-state index in [0.717, 1.165) is 0 Å². The minimum Gasteiger partial charge on any atom is -0.459 e. The van der Waals surface area contributed by atoms with E-state index in [1.54, 1.807) is 12.1 Å². The Bertz CT molecular complexity index is 1080. The smallest absolute Gasteiger partial charge is 0.338 e. The van der Waals surface area contributed by atoms with Crippen molar-refractivity contribution in [2.24, 2.45) is 5.73 Å². The lowest BCUT2D eigenvalue weighted by Crippen LogP contribution is -2.59. The van der Waals surface area contributed by atoms with E-state index in [2.05, 4.69) is 10.1 Å². The van der Waals surface area contributed by atoms with E-state index < -0.39 is 67.6 Å². The molecule has 8 atom stereocenters. The highest BCUT2D eigenvalue weighted by molar-refractivity contribution is 5.89. The first-order valence-corrected chi connectivity index (χ1v) is 11.4. The van der Waals surface area contributed by atoms with Crippen molar-refractivity contribution >= 4 is 11.9 Å². The lowest BCUT2D eigenvalue weighted by Gasteiger charge is -2.39. The molecule has 2 aromatic rings. The van der Waals surface area contributed by atoms with Crippen LogP contribution in [-0.4, -0.2) is 108 Å². The number of aromatic nitrogens is 3. The van der Waals surface area contributed by atoms with Gasteiger partial charge in [-0.2, -0.15) is 0 Å². The average molecular weight is 524 g/mol. The van der Waals surface area contributed by atoms with Crippen LogP contribution in [0.1, 0.15) is 39.2 Å². The van der Waals surface area contributed by atoms with Crippen LogP contribution >= 0.6 is 0 Å². The molecule has 0 spiro atoms. The number of primary amides is 1. The lowest BCUT2D eigenvalue weighted by molar-refractivity contribution is -0.304. The predicted octanol–water partition coefficient (Wildman–Crippen LogP) is -2.80. The topological polar surface area (TPSA) is 229 Å². The molecule has 15 nitrogen and oxygen atoms in total. The van der Waals surface area contributed by atoms with Crippen molar-refractivity contribution < 1.29 is 54.1 Å². The Morgan fingerprint density at radius 1 is 1.05 bits per heavy atom. The average Bonchev–Trinajstić information content (AvgIpc) is 3.53. The van der Waals surface area contributed by atoms with Crippen molar-refractivity contribution in [3.63, 3.8) is 0 Å². The van der Waals surface area contributed by atoms with E-state index in [1.165, 1.54) is 23.1 Å². The van der Waals surface area contributed by atoms with Crippen LogP contribution in [0.2, 0.25) is 0 Å². The summed E-state index contributed by atoms with van der Waals surface area (Å²) in [5.74, 6) is -1.64. The fourth-order valence-electron chi connectivity index (χ4n) is 3.92. The predicted molar refractivity (Wildman–Crippen MR) is 118 cm³/mol. The van der Waals surface area contributed by atoms with Crippen LogP contribution in [0.15, 0.2) is 30.6 Å². The summed E-state index contributed by atoms with van der Waals surface area (Å²) >= 11 is 0. The van der Waals surface area contributed by atoms with Gasteiger partial charge in [0.15, 0.2) is 12.5 Å². The van der Waals surface area contributed by atoms with Crippen molar-refractivity contribution in [2.75, 3.05) is 13.2 Å². The van der Waals surface area contributed by atoms with Crippen LogP contribution in [0.25, 0.3) is 0 Å². The summed E-state index contributed by atoms with van der Waals surface area (Å²) in [5.41, 5.74) is 5.96. The minimum absolute atomic E-state index is 0.0543. The first kappa shape index (κ1) is 27.0. The van der Waals surface area contributed by atoms with E-state index in [-0.39, 0.29) is 31.0 Å². The summed E-state index contributed by atoms with van der Waals surface area (Å²) in [6.07, 6.45) is -7.97. The Balaban J connectivity index is 1.25. The summed E-state index contributed by atoms with van der Waals surface area (Å²) in [7, 11) is 0. The molecule has 0 aliphatic carbocycles. The second-order valence-electron chi connectivity index (χ2n) is 8.65. The Hall–Kier alpha value is -3.02. The van der Waals surface area contributed by atoms with Crippen LogP contribution in [0.4, 0.5) is 0 Å². The molecular weight excluding hydrogens is 496 g/mol. The van der Waals surface area contributed by atoms with Gasteiger partial charge in [-0.05, 0) is 17.7 Å². The molecule has 0 bridgehead atoms. The highest BCUT2D eigenvalue weighted by atomic mass is 16.7. The summed E-state index contributed by atoms with van der Waals surface area (Å²) < 4.78 is 22.9. The van der Waals surface area contributed by atoms with Crippen molar-refractivity contribution in [3.05, 3.63) is 47.5 Å². The van der Waals surface area contributed by atoms with Crippen LogP contribution in [0.5, 0.6) is 0 Å². The first-order valence-electron chi connectivity index (χ1n) is 11.4. The van der Waals surface area contributed by atoms with Crippen molar-refractivity contribution in [1.82, 2.24) is 14.8 Å². The van der Waals surface area contributed by atoms with Crippen LogP contribution in [0.3, 0.4) is 0 Å². The van der Waals surface area contributed by atoms with E-state index in [4.69, 9.17) is 24.7 Å². The zero-order valence-corrected chi connectivity index (χ0v) is 19.4. The van der Waals surface area contributed by atoms with Crippen molar-refractivity contribution in [2.45, 2.75) is 62.2 Å². The molecule has 37 heavy (non-hydrogen) atoms. The molecule has 1 aromatic carbocycles. The van der Waals surface area contributed by atoms with Gasteiger partial charge in [0, 0.05) is 6.42 Å². The fraction of sp³-hybridized carbons (Fsp3) is 0.545. The van der Waals surface area contributed by atoms with Gasteiger partial charge < -0.3 is 50.2 Å². The molecule has 7 N–H and O–H groups in total. The zero-order chi connectivity index (χ0) is 26.7. The number of aliphatic hydroxyl groups is 5. The number of amides is 1. The van der Waals surface area contributed by atoms with Gasteiger partial charge in [0.2, 0.25) is 5.82 Å². The van der Waals surface area contributed by atoms with E-state index >= 15 is 0 Å². The summed E-state index contributed by atoms with van der Waals surface area (Å²) in [6, 6.07) is 6.14. The van der Waals surface area contributed by atoms with Gasteiger partial charge in [0.1, 0.15) is 43.5 Å². The zero-order valence-electron chi connectivity index (χ0n) is 19.4. The van der Waals surface area contributed by atoms with Gasteiger partial charge in [-0.15, -0.1) is 5.10 Å². The summed E-state index contributed by atoms with van der Waals surface area (Å²) in [4.78, 5) is 27.3. The summed E-state index contributed by atoms with van der Waals surface area (Å²) in [5, 5.41) is 53.1. The number of carbonyl (C=O) groups is 2. The van der Waals surface area contributed by atoms with Crippen molar-refractivity contribution in [3.8, 4) is 0 Å². The number of aliphatic hydroxyl groups excluding tert-OH is 5. The SMILES string of the molecule is NC(=O)c1ncn(C2C[C@H](O)C(COC(=O)c3ccc(COC4OC(CO)C(O)C(O)C4O)cc3)O2)n1. The van der Waals surface area contributed by atoms with Crippen LogP contribution in [0, 0.1) is 0 Å². The molecule has 1 amide bonds. The Morgan fingerprint density at radius 2 is 1.78 bits per heavy atom. The lowest BCUT2D eigenvalue weighted by atomic mass is 9.99. The summed E-state index contributed by atoms with van der Waals surface area (Å²) in [6.45, 7) is -0.848. The van der Waals surface area contributed by atoms with Gasteiger partial charge in [-0.25, -0.2) is 14.5 Å². The molecule has 2 saturated heterocycles. The number of benzene rings is 1. The van der Waals surface area contributed by atoms with Crippen LogP contribution in [-0.2, 0) is 25.6 Å². The quantitative estimate of drug-likeness (QED) is 0.182. The highest BCUT2D eigenvalue weighted by Crippen LogP contribution is 2.28. The molecule has 15 heteroatoms. The first-order chi connectivity index (χ1) is 17.7. The van der Waals surface area contributed by atoms with E-state index in [9.17, 15) is 35.1 Å². The van der Waals surface area contributed by atoms with Gasteiger partial charge >= 0.3 is 5.97 Å². The Labute approximate surface area is 210 Å². The minimum atomic E-state index is -1.55. The standard InChI is InChI=1S/C22H28N4O11/c23-19(32)20-24-9-26(25-20)15-5-12(28)14(36-15)8-34-21(33)11-3-1-10(2-4-11)7-35-22-18(31)17(30)16(29)13(6-27)37-22/h1-4,9,12-18,22,27-31H,5-8H2,(H2,23,32)/t12-,13?,14?,15?,16?,17?,18?,22?/m0/s1. The molecule has 0 saturated carbocycles. The molecule has 2 aliphatic heterocycles. The number of esters is 1. The van der Waals surface area contributed by atoms with Gasteiger partial charge in [0.25, 0.3) is 5.91 Å². The Kier molecular flexibility index (Phi) is 8.46. The number of rotatable bonds is 9. The van der Waals surface area contributed by atoms with Gasteiger partial charge in [-0.1, -0.05) is 12.1 Å². The maximum atomic E-state index is 12.4. The van der Waals surface area contributed by atoms with E-state index in [1.807, 2.05) is 0 Å². The third kappa shape index (κ3) is 6.11. The number of hydrogen-bond acceptors (Lipinski definition) is 13. The molecule has 2 fully saturated rings. The largest absolute Gasteiger partial charge is 0.459 e. The number of hydrogen-bond donors (Lipinski definition) is 6. The van der Waals surface area contributed by atoms with Crippen molar-refractivity contribution in [1.29, 1.82) is 0 Å². The molecule has 7 unspecified atom stereocenters. The molecule has 2 aliphatic rings. The van der Waals surface area contributed by atoms with Gasteiger partial charge in [-0.3, -0.25) is 4.79 Å². The number of carbonyl (C=O) groups excluding carboxylic acids is 2. The van der Waals surface area contributed by atoms with Gasteiger partial charge in [0.05, 0.1) is 24.9 Å². The fourth-order valence-corrected chi connectivity index (χ4v) is 3.92. The molecule has 1 aromatic heterocycles. The second-order valence-corrected chi connectivity index (χ2v) is 8.65. The number of nitrogens with zero attached hydrogens (tertiary/aromatic N) is 3. The maximum Gasteiger partial charge on any atom is 0.338 e. The third-order valence-corrected chi connectivity index (χ3v) is 6.06. The molecule has 202 valence electrons. The molecule has 3 heterocycles. The Morgan fingerprint density at radius 3 is 2.43 bits per heavy atom. The number of ether oxygens (including phenoxy) is 4. The third-order valence-electron chi connectivity index (χ3n) is 6.06. The highest BCUT2D eigenvalue weighted by Gasteiger charge is 2.44. The maximum absolute atomic E-state index is 12.4. The normalized spacial score (nSPS) is 31.8. The molecule has 0 radical (unpaired) electrons. The van der Waals surface area contributed by atoms with E-state index in [0.29, 0.717) is 5.56 Å². The molecule has 4 rings (SSSR count). The molecular formula is C22H28N4O11. The monoisotopic (exact) mass is 524 g/mol. The second kappa shape index (κ2) is 11.6. The number of nitrogens with two attached hydrogens (primary N) is 1. The van der Waals surface area contributed by atoms with Crippen LogP contribution < -0.4 is 5.73 Å².